The largest absolute Gasteiger partial charge is 0.322 e. The first kappa shape index (κ1) is 13.8. The second-order valence-corrected chi connectivity index (χ2v) is 5.18. The molecule has 7 heteroatoms. The summed E-state index contributed by atoms with van der Waals surface area (Å²) in [5, 5.41) is 20.4. The summed E-state index contributed by atoms with van der Waals surface area (Å²) in [6, 6.07) is 6.07. The van der Waals surface area contributed by atoms with Crippen molar-refractivity contribution < 1.29 is 14.4 Å². The van der Waals surface area contributed by atoms with Gasteiger partial charge in [-0.05, 0) is 24.1 Å². The van der Waals surface area contributed by atoms with Crippen molar-refractivity contribution in [1.82, 2.24) is 10.2 Å². The minimum absolute atomic E-state index is 0.133. The normalized spacial score (nSPS) is 20.2. The van der Waals surface area contributed by atoms with Gasteiger partial charge >= 0.3 is 0 Å². The lowest BCUT2D eigenvalue weighted by Gasteiger charge is -2.29. The number of nitrogens with zero attached hydrogens (tertiary/aromatic N) is 3. The molecular weight excluding hydrogens is 284 g/mol. The van der Waals surface area contributed by atoms with E-state index in [4.69, 9.17) is 10.5 Å². The Hall–Kier alpha value is -3.19. The first-order valence-electron chi connectivity index (χ1n) is 6.67. The summed E-state index contributed by atoms with van der Waals surface area (Å²) in [6.07, 6.45) is 0.433. The van der Waals surface area contributed by atoms with Gasteiger partial charge in [0.2, 0.25) is 11.8 Å². The van der Waals surface area contributed by atoms with Gasteiger partial charge in [0, 0.05) is 13.0 Å². The number of carbonyl (C=O) groups excluding carboxylic acids is 3. The molecule has 1 fully saturated rings. The molecule has 1 unspecified atom stereocenters. The van der Waals surface area contributed by atoms with E-state index in [0.717, 1.165) is 0 Å². The van der Waals surface area contributed by atoms with Gasteiger partial charge in [0.1, 0.15) is 12.1 Å². The van der Waals surface area contributed by atoms with Gasteiger partial charge in [0.15, 0.2) is 0 Å². The highest BCUT2D eigenvalue weighted by Gasteiger charge is 2.40. The lowest BCUT2D eigenvalue weighted by atomic mass is 10.0. The van der Waals surface area contributed by atoms with Crippen LogP contribution >= 0.6 is 0 Å². The third-order valence-electron chi connectivity index (χ3n) is 3.87. The summed E-state index contributed by atoms with van der Waals surface area (Å²) in [6.45, 7) is 0.157. The van der Waals surface area contributed by atoms with Crippen molar-refractivity contribution in [2.75, 3.05) is 0 Å². The quantitative estimate of drug-likeness (QED) is 0.743. The minimum Gasteiger partial charge on any atom is -0.322 e. The highest BCUT2D eigenvalue weighted by atomic mass is 16.2. The Kier molecular flexibility index (Phi) is 3.11. The number of fused-ring (bicyclic) bond motifs is 1. The molecule has 108 valence electrons. The number of rotatable bonds is 1. The van der Waals surface area contributed by atoms with Gasteiger partial charge in [-0.2, -0.15) is 10.5 Å². The molecule has 1 saturated heterocycles. The van der Waals surface area contributed by atoms with Crippen LogP contribution in [0.4, 0.5) is 0 Å². The third kappa shape index (κ3) is 2.00. The molecule has 7 nitrogen and oxygen atoms in total. The molecule has 3 amide bonds. The van der Waals surface area contributed by atoms with Crippen LogP contribution in [0, 0.1) is 22.7 Å². The van der Waals surface area contributed by atoms with Gasteiger partial charge in [-0.25, -0.2) is 0 Å². The lowest BCUT2D eigenvalue weighted by Crippen LogP contribution is -2.52. The number of nitrogens with one attached hydrogen (secondary N) is 1. The van der Waals surface area contributed by atoms with Gasteiger partial charge in [0.25, 0.3) is 5.91 Å². The Labute approximate surface area is 125 Å². The Morgan fingerprint density at radius 1 is 1.18 bits per heavy atom. The number of benzene rings is 1. The first-order valence-corrected chi connectivity index (χ1v) is 6.67. The number of piperidine rings is 1. The summed E-state index contributed by atoms with van der Waals surface area (Å²) >= 11 is 0. The van der Waals surface area contributed by atoms with Crippen molar-refractivity contribution in [2.24, 2.45) is 0 Å². The van der Waals surface area contributed by atoms with Crippen LogP contribution in [0.25, 0.3) is 0 Å². The SMILES string of the molecule is N#Cc1cc(C#N)c2c(c1)CN(C1CCC(=O)NC1=O)C2=O. The van der Waals surface area contributed by atoms with Gasteiger partial charge in [-0.15, -0.1) is 0 Å². The topological polar surface area (TPSA) is 114 Å². The van der Waals surface area contributed by atoms with Crippen molar-refractivity contribution >= 4 is 17.7 Å². The summed E-state index contributed by atoms with van der Waals surface area (Å²) in [7, 11) is 0. The van der Waals surface area contributed by atoms with Gasteiger partial charge in [-0.3, -0.25) is 19.7 Å². The van der Waals surface area contributed by atoms with Crippen molar-refractivity contribution in [1.29, 1.82) is 10.5 Å². The fraction of sp³-hybridized carbons (Fsp3) is 0.267. The molecule has 1 N–H and O–H groups in total. The fourth-order valence-corrected chi connectivity index (χ4v) is 2.86. The zero-order valence-electron chi connectivity index (χ0n) is 11.4. The lowest BCUT2D eigenvalue weighted by molar-refractivity contribution is -0.136. The van der Waals surface area contributed by atoms with Crippen molar-refractivity contribution in [3.8, 4) is 12.1 Å². The van der Waals surface area contributed by atoms with E-state index in [2.05, 4.69) is 5.32 Å². The number of imide groups is 1. The predicted octanol–water partition coefficient (Wildman–Crippen LogP) is 0.191. The number of amides is 3. The van der Waals surface area contributed by atoms with E-state index in [1.165, 1.54) is 11.0 Å². The van der Waals surface area contributed by atoms with E-state index in [-0.39, 0.29) is 36.4 Å². The molecule has 0 aromatic heterocycles. The van der Waals surface area contributed by atoms with Crippen LogP contribution in [-0.2, 0) is 16.1 Å². The molecular formula is C15H10N4O3. The van der Waals surface area contributed by atoms with Crippen LogP contribution in [0.5, 0.6) is 0 Å². The molecule has 1 aromatic rings. The Morgan fingerprint density at radius 2 is 1.95 bits per heavy atom. The van der Waals surface area contributed by atoms with E-state index < -0.39 is 17.9 Å². The molecule has 0 radical (unpaired) electrons. The average molecular weight is 294 g/mol. The Balaban J connectivity index is 1.98. The second kappa shape index (κ2) is 4.97. The molecule has 0 spiro atoms. The standard InChI is InChI=1S/C15H10N4O3/c16-5-8-3-9(6-17)13-10(4-8)7-19(15(13)22)11-1-2-12(20)18-14(11)21/h3-4,11H,1-2,7H2,(H,18,20,21). The van der Waals surface area contributed by atoms with Crippen LogP contribution in [0.3, 0.4) is 0 Å². The second-order valence-electron chi connectivity index (χ2n) is 5.18. The Morgan fingerprint density at radius 3 is 2.59 bits per heavy atom. The Bertz CT molecular complexity index is 800. The zero-order valence-corrected chi connectivity index (χ0v) is 11.4. The summed E-state index contributed by atoms with van der Waals surface area (Å²) in [5.41, 5.74) is 1.23. The molecule has 1 atom stereocenters. The maximum absolute atomic E-state index is 12.5. The molecule has 2 heterocycles. The summed E-state index contributed by atoms with van der Waals surface area (Å²) in [4.78, 5) is 37.0. The number of carbonyl (C=O) groups is 3. The number of hydrogen-bond donors (Lipinski definition) is 1. The molecule has 1 aromatic carbocycles. The average Bonchev–Trinajstić information content (AvgIpc) is 2.83. The molecule has 3 rings (SSSR count). The molecule has 0 saturated carbocycles. The highest BCUT2D eigenvalue weighted by Crippen LogP contribution is 2.30. The van der Waals surface area contributed by atoms with Gasteiger partial charge in [-0.1, -0.05) is 0 Å². The summed E-state index contributed by atoms with van der Waals surface area (Å²) in [5.74, 6) is -1.27. The minimum atomic E-state index is -0.727. The maximum Gasteiger partial charge on any atom is 0.256 e. The van der Waals surface area contributed by atoms with E-state index >= 15 is 0 Å². The molecule has 0 aliphatic carbocycles. The smallest absolute Gasteiger partial charge is 0.256 e. The van der Waals surface area contributed by atoms with Crippen LogP contribution in [-0.4, -0.2) is 28.7 Å². The van der Waals surface area contributed by atoms with E-state index in [9.17, 15) is 14.4 Å². The first-order chi connectivity index (χ1) is 10.5. The van der Waals surface area contributed by atoms with Crippen LogP contribution in [0.2, 0.25) is 0 Å². The number of nitriles is 2. The van der Waals surface area contributed by atoms with E-state index in [1.807, 2.05) is 12.1 Å². The molecule has 2 aliphatic heterocycles. The van der Waals surface area contributed by atoms with Crippen molar-refractivity contribution in [2.45, 2.75) is 25.4 Å². The number of hydrogen-bond acceptors (Lipinski definition) is 5. The van der Waals surface area contributed by atoms with Crippen LogP contribution < -0.4 is 5.32 Å². The third-order valence-corrected chi connectivity index (χ3v) is 3.87. The van der Waals surface area contributed by atoms with E-state index in [1.54, 1.807) is 6.07 Å². The molecule has 22 heavy (non-hydrogen) atoms. The van der Waals surface area contributed by atoms with Crippen molar-refractivity contribution in [3.63, 3.8) is 0 Å². The van der Waals surface area contributed by atoms with Crippen LogP contribution in [0.1, 0.15) is 39.9 Å². The van der Waals surface area contributed by atoms with Gasteiger partial charge in [0.05, 0.1) is 22.8 Å². The predicted molar refractivity (Wildman–Crippen MR) is 71.9 cm³/mol. The van der Waals surface area contributed by atoms with Crippen LogP contribution in [0.15, 0.2) is 12.1 Å². The van der Waals surface area contributed by atoms with E-state index in [0.29, 0.717) is 11.1 Å². The highest BCUT2D eigenvalue weighted by molar-refractivity contribution is 6.06. The zero-order chi connectivity index (χ0) is 15.9. The fourth-order valence-electron chi connectivity index (χ4n) is 2.86. The molecule has 2 aliphatic rings. The maximum atomic E-state index is 12.5. The molecule has 0 bridgehead atoms. The van der Waals surface area contributed by atoms with Gasteiger partial charge < -0.3 is 4.90 Å². The van der Waals surface area contributed by atoms with Crippen molar-refractivity contribution in [3.05, 3.63) is 34.4 Å². The summed E-state index contributed by atoms with van der Waals surface area (Å²) < 4.78 is 0. The monoisotopic (exact) mass is 294 g/mol.